The van der Waals surface area contributed by atoms with Crippen molar-refractivity contribution in [1.82, 2.24) is 14.7 Å². The number of carbonyl (C=O) groups is 1. The van der Waals surface area contributed by atoms with Gasteiger partial charge in [0.1, 0.15) is 5.78 Å². The maximum absolute atomic E-state index is 12.2. The molecule has 0 aliphatic carbocycles. The standard InChI is InChI=1S/C12H15N3O2S/c1-13-10-7-17-6-9(10)11(16)4-8-5-15-2-3-18-12(15)14-8/h2-3,5,9-10,13H,4,6-7H2,1H3. The fourth-order valence-electron chi connectivity index (χ4n) is 2.33. The molecule has 2 atom stereocenters. The van der Waals surface area contributed by atoms with Crippen molar-refractivity contribution in [3.63, 3.8) is 0 Å². The molecule has 5 nitrogen and oxygen atoms in total. The number of likely N-dealkylation sites (N-methyl/N-ethyl adjacent to an activating group) is 1. The molecule has 0 radical (unpaired) electrons. The largest absolute Gasteiger partial charge is 0.379 e. The highest BCUT2D eigenvalue weighted by atomic mass is 32.1. The van der Waals surface area contributed by atoms with Crippen LogP contribution in [-0.2, 0) is 16.0 Å². The number of aromatic nitrogens is 2. The first-order chi connectivity index (χ1) is 8.78. The van der Waals surface area contributed by atoms with Crippen molar-refractivity contribution in [1.29, 1.82) is 0 Å². The molecule has 0 aromatic carbocycles. The van der Waals surface area contributed by atoms with Crippen molar-refractivity contribution in [2.75, 3.05) is 20.3 Å². The van der Waals surface area contributed by atoms with Gasteiger partial charge in [0.2, 0.25) is 0 Å². The van der Waals surface area contributed by atoms with E-state index in [0.717, 1.165) is 10.7 Å². The molecule has 1 aliphatic heterocycles. The number of hydrogen-bond donors (Lipinski definition) is 1. The lowest BCUT2D eigenvalue weighted by molar-refractivity contribution is -0.122. The molecule has 1 fully saturated rings. The molecule has 2 aromatic rings. The Balaban J connectivity index is 1.72. The summed E-state index contributed by atoms with van der Waals surface area (Å²) in [5, 5.41) is 5.11. The van der Waals surface area contributed by atoms with E-state index in [4.69, 9.17) is 4.74 Å². The quantitative estimate of drug-likeness (QED) is 0.886. The highest BCUT2D eigenvalue weighted by molar-refractivity contribution is 7.15. The average molecular weight is 265 g/mol. The van der Waals surface area contributed by atoms with Gasteiger partial charge in [-0.1, -0.05) is 0 Å². The second-order valence-electron chi connectivity index (χ2n) is 4.51. The monoisotopic (exact) mass is 265 g/mol. The Kier molecular flexibility index (Phi) is 3.15. The first-order valence-electron chi connectivity index (χ1n) is 5.96. The summed E-state index contributed by atoms with van der Waals surface area (Å²) < 4.78 is 7.31. The second-order valence-corrected chi connectivity index (χ2v) is 5.38. The van der Waals surface area contributed by atoms with Crippen LogP contribution in [-0.4, -0.2) is 41.5 Å². The van der Waals surface area contributed by atoms with Crippen LogP contribution in [0.25, 0.3) is 4.96 Å². The van der Waals surface area contributed by atoms with Gasteiger partial charge in [0.15, 0.2) is 4.96 Å². The summed E-state index contributed by atoms with van der Waals surface area (Å²) in [5.41, 5.74) is 0.841. The number of hydrogen-bond acceptors (Lipinski definition) is 5. The van der Waals surface area contributed by atoms with Crippen LogP contribution < -0.4 is 5.32 Å². The number of thiazole rings is 1. The highest BCUT2D eigenvalue weighted by Gasteiger charge is 2.32. The van der Waals surface area contributed by atoms with Gasteiger partial charge in [-0.25, -0.2) is 4.98 Å². The topological polar surface area (TPSA) is 55.6 Å². The van der Waals surface area contributed by atoms with E-state index in [-0.39, 0.29) is 17.7 Å². The first-order valence-corrected chi connectivity index (χ1v) is 6.84. The van der Waals surface area contributed by atoms with Gasteiger partial charge >= 0.3 is 0 Å². The average Bonchev–Trinajstić information content (AvgIpc) is 3.02. The highest BCUT2D eigenvalue weighted by Crippen LogP contribution is 2.18. The number of fused-ring (bicyclic) bond motifs is 1. The maximum atomic E-state index is 12.2. The van der Waals surface area contributed by atoms with E-state index in [2.05, 4.69) is 10.3 Å². The predicted molar refractivity (Wildman–Crippen MR) is 68.9 cm³/mol. The number of Topliss-reactive ketones (excluding diaryl/α,β-unsaturated/α-hetero) is 1. The van der Waals surface area contributed by atoms with Gasteiger partial charge in [0.25, 0.3) is 0 Å². The van der Waals surface area contributed by atoms with E-state index >= 15 is 0 Å². The lowest BCUT2D eigenvalue weighted by Gasteiger charge is -2.14. The molecular weight excluding hydrogens is 250 g/mol. The lowest BCUT2D eigenvalue weighted by atomic mass is 9.96. The van der Waals surface area contributed by atoms with Crippen molar-refractivity contribution < 1.29 is 9.53 Å². The van der Waals surface area contributed by atoms with Crippen molar-refractivity contribution >= 4 is 22.1 Å². The Labute approximate surface area is 109 Å². The van der Waals surface area contributed by atoms with E-state index in [1.54, 1.807) is 11.3 Å². The number of nitrogens with one attached hydrogen (secondary N) is 1. The van der Waals surface area contributed by atoms with Crippen LogP contribution in [0.4, 0.5) is 0 Å². The van der Waals surface area contributed by atoms with Gasteiger partial charge < -0.3 is 10.1 Å². The summed E-state index contributed by atoms with van der Waals surface area (Å²) >= 11 is 1.58. The molecule has 2 aromatic heterocycles. The van der Waals surface area contributed by atoms with Gasteiger partial charge in [-0.3, -0.25) is 9.20 Å². The SMILES string of the molecule is CNC1COCC1C(=O)Cc1cn2ccsc2n1. The zero-order valence-corrected chi connectivity index (χ0v) is 10.9. The lowest BCUT2D eigenvalue weighted by Crippen LogP contribution is -2.37. The van der Waals surface area contributed by atoms with Crippen LogP contribution in [0.15, 0.2) is 17.8 Å². The van der Waals surface area contributed by atoms with E-state index in [9.17, 15) is 4.79 Å². The first kappa shape index (κ1) is 11.8. The van der Waals surface area contributed by atoms with Gasteiger partial charge in [-0.2, -0.15) is 0 Å². The summed E-state index contributed by atoms with van der Waals surface area (Å²) in [5.74, 6) is 0.160. The zero-order chi connectivity index (χ0) is 12.5. The number of imidazole rings is 1. The van der Waals surface area contributed by atoms with Crippen LogP contribution in [0.3, 0.4) is 0 Å². The summed E-state index contributed by atoms with van der Waals surface area (Å²) in [6, 6.07) is 0.140. The van der Waals surface area contributed by atoms with Gasteiger partial charge in [-0.15, -0.1) is 11.3 Å². The molecule has 0 saturated carbocycles. The smallest absolute Gasteiger partial charge is 0.193 e. The third-order valence-corrected chi connectivity index (χ3v) is 4.13. The third kappa shape index (κ3) is 2.07. The molecule has 1 saturated heterocycles. The third-order valence-electron chi connectivity index (χ3n) is 3.36. The second kappa shape index (κ2) is 4.79. The van der Waals surface area contributed by atoms with E-state index in [1.807, 2.05) is 29.2 Å². The number of ketones is 1. The molecular formula is C12H15N3O2S. The van der Waals surface area contributed by atoms with E-state index < -0.39 is 0 Å². The molecule has 0 spiro atoms. The van der Waals surface area contributed by atoms with Crippen molar-refractivity contribution in [2.45, 2.75) is 12.5 Å². The molecule has 0 amide bonds. The van der Waals surface area contributed by atoms with Gasteiger partial charge in [0.05, 0.1) is 31.2 Å². The van der Waals surface area contributed by atoms with E-state index in [1.165, 1.54) is 0 Å². The van der Waals surface area contributed by atoms with Gasteiger partial charge in [-0.05, 0) is 7.05 Å². The fourth-order valence-corrected chi connectivity index (χ4v) is 3.05. The Morgan fingerprint density at radius 3 is 3.33 bits per heavy atom. The Bertz CT molecular complexity index is 534. The fraction of sp³-hybridized carbons (Fsp3) is 0.500. The Hall–Kier alpha value is -1.24. The van der Waals surface area contributed by atoms with Crippen LogP contribution in [0.5, 0.6) is 0 Å². The minimum absolute atomic E-state index is 0.0465. The maximum Gasteiger partial charge on any atom is 0.193 e. The van der Waals surface area contributed by atoms with Crippen LogP contribution in [0.2, 0.25) is 0 Å². The summed E-state index contributed by atoms with van der Waals surface area (Å²) in [6.45, 7) is 1.14. The van der Waals surface area contributed by atoms with Crippen molar-refractivity contribution in [3.05, 3.63) is 23.5 Å². The van der Waals surface area contributed by atoms with E-state index in [0.29, 0.717) is 19.6 Å². The number of nitrogens with zero attached hydrogens (tertiary/aromatic N) is 2. The molecule has 1 N–H and O–H groups in total. The molecule has 2 unspecified atom stereocenters. The van der Waals surface area contributed by atoms with Crippen LogP contribution in [0, 0.1) is 5.92 Å². The zero-order valence-electron chi connectivity index (χ0n) is 10.1. The van der Waals surface area contributed by atoms with Crippen molar-refractivity contribution in [2.24, 2.45) is 5.92 Å². The molecule has 96 valence electrons. The Morgan fingerprint density at radius 2 is 2.56 bits per heavy atom. The normalized spacial score (nSPS) is 23.8. The summed E-state index contributed by atoms with van der Waals surface area (Å²) in [6.07, 6.45) is 4.27. The van der Waals surface area contributed by atoms with Crippen LogP contribution in [0.1, 0.15) is 5.69 Å². The number of rotatable bonds is 4. The molecule has 0 bridgehead atoms. The molecule has 3 rings (SSSR count). The number of carbonyl (C=O) groups excluding carboxylic acids is 1. The summed E-state index contributed by atoms with van der Waals surface area (Å²) in [7, 11) is 1.87. The summed E-state index contributed by atoms with van der Waals surface area (Å²) in [4.78, 5) is 17.6. The van der Waals surface area contributed by atoms with Crippen molar-refractivity contribution in [3.8, 4) is 0 Å². The molecule has 18 heavy (non-hydrogen) atoms. The minimum atomic E-state index is -0.0465. The Morgan fingerprint density at radius 1 is 1.67 bits per heavy atom. The van der Waals surface area contributed by atoms with Gasteiger partial charge in [0, 0.05) is 23.8 Å². The minimum Gasteiger partial charge on any atom is -0.379 e. The number of ether oxygens (including phenoxy) is 1. The predicted octanol–water partition coefficient (Wildman–Crippen LogP) is 0.742. The molecule has 3 heterocycles. The van der Waals surface area contributed by atoms with Crippen LogP contribution >= 0.6 is 11.3 Å². The molecule has 6 heteroatoms. The molecule has 1 aliphatic rings.